The predicted octanol–water partition coefficient (Wildman–Crippen LogP) is 3.01. The second-order valence-electron chi connectivity index (χ2n) is 7.35. The van der Waals surface area contributed by atoms with Gasteiger partial charge in [0, 0.05) is 42.3 Å². The zero-order chi connectivity index (χ0) is 21.3. The van der Waals surface area contributed by atoms with Crippen LogP contribution in [0, 0.1) is 13.8 Å². The van der Waals surface area contributed by atoms with E-state index in [0.717, 1.165) is 17.7 Å². The molecule has 3 aromatic heterocycles. The zero-order valence-electron chi connectivity index (χ0n) is 17.6. The number of rotatable bonds is 6. The van der Waals surface area contributed by atoms with E-state index in [1.807, 2.05) is 6.07 Å². The summed E-state index contributed by atoms with van der Waals surface area (Å²) in [5, 5.41) is 4.43. The fourth-order valence-electron chi connectivity index (χ4n) is 3.67. The van der Waals surface area contributed by atoms with Gasteiger partial charge >= 0.3 is 0 Å². The number of carbonyl (C=O) groups is 1. The number of amides is 1. The Morgan fingerprint density at radius 2 is 2.27 bits per heavy atom. The highest BCUT2D eigenvalue weighted by Crippen LogP contribution is 2.29. The molecule has 1 fully saturated rings. The number of hydrogen-bond acceptors (Lipinski definition) is 7. The quantitative estimate of drug-likeness (QED) is 0.601. The molecule has 1 aliphatic heterocycles. The van der Waals surface area contributed by atoms with E-state index < -0.39 is 0 Å². The standard InChI is InChI=1S/C21H25N5O3S/c1-13-9-16(14(2)30-13)18-5-7-22-21(24-18)26-19(12-28-4)17(10-23-26)20(27)25(3)15-6-8-29-11-15/h5,7,9-10,15H,6,8,11-12H2,1-4H3. The molecule has 158 valence electrons. The topological polar surface area (TPSA) is 82.4 Å². The molecule has 0 spiro atoms. The molecular weight excluding hydrogens is 402 g/mol. The highest BCUT2D eigenvalue weighted by molar-refractivity contribution is 7.12. The lowest BCUT2D eigenvalue weighted by molar-refractivity contribution is 0.0706. The highest BCUT2D eigenvalue weighted by Gasteiger charge is 2.28. The van der Waals surface area contributed by atoms with E-state index in [1.54, 1.807) is 47.5 Å². The lowest BCUT2D eigenvalue weighted by Gasteiger charge is -2.23. The number of nitrogens with zero attached hydrogens (tertiary/aromatic N) is 5. The Balaban J connectivity index is 1.70. The summed E-state index contributed by atoms with van der Waals surface area (Å²) in [6, 6.07) is 4.08. The molecule has 1 amide bonds. The van der Waals surface area contributed by atoms with E-state index in [0.29, 0.717) is 30.4 Å². The van der Waals surface area contributed by atoms with Crippen LogP contribution in [-0.2, 0) is 16.1 Å². The molecule has 4 rings (SSSR count). The van der Waals surface area contributed by atoms with Gasteiger partial charge in [-0.25, -0.2) is 9.97 Å². The fraction of sp³-hybridized carbons (Fsp3) is 0.429. The SMILES string of the molecule is COCc1c(C(=O)N(C)C2CCOC2)cnn1-c1nccc(-c2cc(C)sc2C)n1. The molecule has 1 saturated heterocycles. The first-order valence-corrected chi connectivity index (χ1v) is 10.6. The Hall–Kier alpha value is -2.62. The average molecular weight is 428 g/mol. The third-order valence-electron chi connectivity index (χ3n) is 5.30. The minimum Gasteiger partial charge on any atom is -0.379 e. The first-order valence-electron chi connectivity index (χ1n) is 9.81. The summed E-state index contributed by atoms with van der Waals surface area (Å²) >= 11 is 1.74. The molecule has 0 N–H and O–H groups in total. The van der Waals surface area contributed by atoms with Gasteiger partial charge in [0.25, 0.3) is 11.9 Å². The Labute approximate surface area is 179 Å². The van der Waals surface area contributed by atoms with Crippen molar-refractivity contribution >= 4 is 17.2 Å². The Morgan fingerprint density at radius 3 is 2.93 bits per heavy atom. The first kappa shape index (κ1) is 20.6. The van der Waals surface area contributed by atoms with Crippen molar-refractivity contribution < 1.29 is 14.3 Å². The minimum absolute atomic E-state index is 0.0700. The van der Waals surface area contributed by atoms with Crippen LogP contribution in [0.1, 0.15) is 32.2 Å². The summed E-state index contributed by atoms with van der Waals surface area (Å²) in [6.45, 7) is 5.62. The van der Waals surface area contributed by atoms with Crippen molar-refractivity contribution in [2.45, 2.75) is 32.9 Å². The van der Waals surface area contributed by atoms with Gasteiger partial charge in [-0.2, -0.15) is 9.78 Å². The molecule has 1 unspecified atom stereocenters. The normalized spacial score (nSPS) is 16.2. The van der Waals surface area contributed by atoms with Crippen molar-refractivity contribution in [3.63, 3.8) is 0 Å². The van der Waals surface area contributed by atoms with Gasteiger partial charge in [0.05, 0.1) is 42.4 Å². The molecule has 0 saturated carbocycles. The van der Waals surface area contributed by atoms with E-state index in [2.05, 4.69) is 30.0 Å². The van der Waals surface area contributed by atoms with Gasteiger partial charge in [-0.1, -0.05) is 0 Å². The molecule has 1 aliphatic rings. The van der Waals surface area contributed by atoms with Gasteiger partial charge in [0.2, 0.25) is 0 Å². The van der Waals surface area contributed by atoms with Crippen molar-refractivity contribution in [2.75, 3.05) is 27.4 Å². The third-order valence-corrected chi connectivity index (χ3v) is 6.27. The van der Waals surface area contributed by atoms with Crippen LogP contribution in [0.4, 0.5) is 0 Å². The molecule has 0 aliphatic carbocycles. The Kier molecular flexibility index (Phi) is 5.94. The van der Waals surface area contributed by atoms with Crippen LogP contribution in [0.25, 0.3) is 17.2 Å². The second-order valence-corrected chi connectivity index (χ2v) is 8.81. The molecule has 8 nitrogen and oxygen atoms in total. The van der Waals surface area contributed by atoms with Gasteiger partial charge in [0.1, 0.15) is 0 Å². The molecule has 0 radical (unpaired) electrons. The van der Waals surface area contributed by atoms with Crippen molar-refractivity contribution in [1.29, 1.82) is 0 Å². The highest BCUT2D eigenvalue weighted by atomic mass is 32.1. The summed E-state index contributed by atoms with van der Waals surface area (Å²) in [6.07, 6.45) is 4.12. The molecule has 9 heteroatoms. The van der Waals surface area contributed by atoms with E-state index in [4.69, 9.17) is 14.5 Å². The fourth-order valence-corrected chi connectivity index (χ4v) is 4.60. The number of thiophene rings is 1. The van der Waals surface area contributed by atoms with Crippen LogP contribution in [0.15, 0.2) is 24.5 Å². The largest absolute Gasteiger partial charge is 0.379 e. The molecular formula is C21H25N5O3S. The van der Waals surface area contributed by atoms with Crippen molar-refractivity contribution in [1.82, 2.24) is 24.6 Å². The summed E-state index contributed by atoms with van der Waals surface area (Å²) in [4.78, 5) is 26.4. The number of carbonyl (C=O) groups excluding carboxylic acids is 1. The summed E-state index contributed by atoms with van der Waals surface area (Å²) in [5.41, 5.74) is 3.03. The van der Waals surface area contributed by atoms with Gasteiger partial charge in [-0.15, -0.1) is 11.3 Å². The van der Waals surface area contributed by atoms with Crippen molar-refractivity contribution in [2.24, 2.45) is 0 Å². The first-order chi connectivity index (χ1) is 14.5. The molecule has 30 heavy (non-hydrogen) atoms. The lowest BCUT2D eigenvalue weighted by Crippen LogP contribution is -2.37. The zero-order valence-corrected chi connectivity index (χ0v) is 18.4. The number of aromatic nitrogens is 4. The van der Waals surface area contributed by atoms with Gasteiger partial charge < -0.3 is 14.4 Å². The monoisotopic (exact) mass is 427 g/mol. The van der Waals surface area contributed by atoms with Crippen LogP contribution >= 0.6 is 11.3 Å². The maximum absolute atomic E-state index is 13.1. The van der Waals surface area contributed by atoms with E-state index in [9.17, 15) is 4.79 Å². The smallest absolute Gasteiger partial charge is 0.257 e. The number of methoxy groups -OCH3 is 1. The average Bonchev–Trinajstić information content (AvgIpc) is 3.47. The van der Waals surface area contributed by atoms with Gasteiger partial charge in [-0.3, -0.25) is 4.79 Å². The van der Waals surface area contributed by atoms with Crippen LogP contribution < -0.4 is 0 Å². The Morgan fingerprint density at radius 1 is 1.43 bits per heavy atom. The van der Waals surface area contributed by atoms with Crippen LogP contribution in [0.2, 0.25) is 0 Å². The van der Waals surface area contributed by atoms with E-state index >= 15 is 0 Å². The number of hydrogen-bond donors (Lipinski definition) is 0. The molecule has 4 heterocycles. The van der Waals surface area contributed by atoms with Crippen molar-refractivity contribution in [3.05, 3.63) is 45.5 Å². The molecule has 3 aromatic rings. The van der Waals surface area contributed by atoms with Crippen LogP contribution in [-0.4, -0.2) is 64.0 Å². The molecule has 0 bridgehead atoms. The third kappa shape index (κ3) is 3.88. The summed E-state index contributed by atoms with van der Waals surface area (Å²) in [7, 11) is 3.39. The van der Waals surface area contributed by atoms with Crippen LogP contribution in [0.3, 0.4) is 0 Å². The maximum Gasteiger partial charge on any atom is 0.257 e. The number of ether oxygens (including phenoxy) is 2. The molecule has 1 atom stereocenters. The van der Waals surface area contributed by atoms with Gasteiger partial charge in [-0.05, 0) is 32.4 Å². The van der Waals surface area contributed by atoms with Crippen molar-refractivity contribution in [3.8, 4) is 17.2 Å². The Bertz CT molecular complexity index is 1050. The number of aryl methyl sites for hydroxylation is 2. The summed E-state index contributed by atoms with van der Waals surface area (Å²) < 4.78 is 12.4. The summed E-state index contributed by atoms with van der Waals surface area (Å²) in [5.74, 6) is 0.304. The molecule has 0 aromatic carbocycles. The van der Waals surface area contributed by atoms with E-state index in [1.165, 1.54) is 9.75 Å². The number of likely N-dealkylation sites (N-methyl/N-ethyl adjacent to an activating group) is 1. The van der Waals surface area contributed by atoms with E-state index in [-0.39, 0.29) is 18.6 Å². The maximum atomic E-state index is 13.1. The predicted molar refractivity (Wildman–Crippen MR) is 114 cm³/mol. The lowest BCUT2D eigenvalue weighted by atomic mass is 10.1. The second kappa shape index (κ2) is 8.63. The van der Waals surface area contributed by atoms with Gasteiger partial charge in [0.15, 0.2) is 0 Å². The van der Waals surface area contributed by atoms with Crippen LogP contribution in [0.5, 0.6) is 0 Å². The minimum atomic E-state index is -0.107.